The smallest absolute Gasteiger partial charge is 0.311 e. The predicted molar refractivity (Wildman–Crippen MR) is 126 cm³/mol. The molecule has 2 amide bonds. The van der Waals surface area contributed by atoms with Crippen LogP contribution in [-0.4, -0.2) is 46.9 Å². The quantitative estimate of drug-likeness (QED) is 0.469. The van der Waals surface area contributed by atoms with Crippen LogP contribution >= 0.6 is 0 Å². The Hall–Kier alpha value is -3.49. The number of amides is 2. The number of nitrogens with one attached hydrogen (secondary N) is 2. The van der Waals surface area contributed by atoms with Crippen molar-refractivity contribution < 1.29 is 14.5 Å². The predicted octanol–water partition coefficient (Wildman–Crippen LogP) is 2.95. The number of hydrogen-bond donors (Lipinski definition) is 2. The van der Waals surface area contributed by atoms with E-state index in [2.05, 4.69) is 41.6 Å². The molecule has 1 aliphatic rings. The normalized spacial score (nSPS) is 15.2. The van der Waals surface area contributed by atoms with Crippen LogP contribution in [0.2, 0.25) is 0 Å². The van der Waals surface area contributed by atoms with Gasteiger partial charge in [-0.15, -0.1) is 0 Å². The maximum atomic E-state index is 13.0. The van der Waals surface area contributed by atoms with E-state index in [1.807, 2.05) is 17.0 Å². The van der Waals surface area contributed by atoms with Gasteiger partial charge in [0, 0.05) is 44.7 Å². The van der Waals surface area contributed by atoms with Crippen LogP contribution in [0, 0.1) is 10.1 Å². The summed E-state index contributed by atoms with van der Waals surface area (Å²) in [5, 5.41) is 17.1. The standard InChI is InChI=1S/C24H31N5O4/c1-16(2)19-8-6-18(7-9-19)15-21(26-17(3)30)24(31)27-20-10-13-28(14-11-20)23-22(29(32)33)5-4-12-25-23/h4-9,12,16,20-21H,10-11,13-15H2,1-3H3,(H,26,30)(H,27,31)/t21-/m1/s1. The lowest BCUT2D eigenvalue weighted by molar-refractivity contribution is -0.384. The van der Waals surface area contributed by atoms with Crippen molar-refractivity contribution >= 4 is 23.3 Å². The topological polar surface area (TPSA) is 117 Å². The van der Waals surface area contributed by atoms with Crippen LogP contribution in [0.1, 0.15) is 50.7 Å². The van der Waals surface area contributed by atoms with Crippen LogP contribution in [0.5, 0.6) is 0 Å². The van der Waals surface area contributed by atoms with Gasteiger partial charge in [0.1, 0.15) is 6.04 Å². The highest BCUT2D eigenvalue weighted by Gasteiger charge is 2.28. The van der Waals surface area contributed by atoms with Crippen molar-refractivity contribution in [3.8, 4) is 0 Å². The second kappa shape index (κ2) is 10.9. The first kappa shape index (κ1) is 24.2. The van der Waals surface area contributed by atoms with Gasteiger partial charge in [-0.1, -0.05) is 38.1 Å². The van der Waals surface area contributed by atoms with E-state index in [9.17, 15) is 19.7 Å². The molecule has 3 rings (SSSR count). The lowest BCUT2D eigenvalue weighted by atomic mass is 9.98. The number of piperidine rings is 1. The van der Waals surface area contributed by atoms with Gasteiger partial charge in [0.25, 0.3) is 0 Å². The number of carbonyl (C=O) groups excluding carboxylic acids is 2. The molecule has 1 aliphatic heterocycles. The van der Waals surface area contributed by atoms with Crippen LogP contribution in [0.3, 0.4) is 0 Å². The van der Waals surface area contributed by atoms with Crippen molar-refractivity contribution in [2.45, 2.75) is 58.0 Å². The first-order valence-corrected chi connectivity index (χ1v) is 11.2. The van der Waals surface area contributed by atoms with Crippen molar-refractivity contribution in [3.63, 3.8) is 0 Å². The minimum atomic E-state index is -0.665. The molecule has 0 aliphatic carbocycles. The number of nitro groups is 1. The Morgan fingerprint density at radius 2 is 1.85 bits per heavy atom. The molecule has 9 heteroatoms. The number of anilines is 1. The molecule has 2 heterocycles. The molecule has 0 saturated carbocycles. The van der Waals surface area contributed by atoms with Crippen molar-refractivity contribution in [2.24, 2.45) is 0 Å². The zero-order valence-corrected chi connectivity index (χ0v) is 19.3. The second-order valence-electron chi connectivity index (χ2n) is 8.73. The summed E-state index contributed by atoms with van der Waals surface area (Å²) in [6, 6.07) is 10.4. The van der Waals surface area contributed by atoms with E-state index < -0.39 is 11.0 Å². The fourth-order valence-electron chi connectivity index (χ4n) is 4.04. The molecule has 2 N–H and O–H groups in total. The van der Waals surface area contributed by atoms with Crippen molar-refractivity contribution in [2.75, 3.05) is 18.0 Å². The minimum absolute atomic E-state index is 0.0193. The van der Waals surface area contributed by atoms with E-state index in [4.69, 9.17) is 0 Å². The molecule has 9 nitrogen and oxygen atoms in total. The summed E-state index contributed by atoms with van der Waals surface area (Å²) < 4.78 is 0. The van der Waals surface area contributed by atoms with E-state index in [0.29, 0.717) is 44.1 Å². The number of rotatable bonds is 8. The highest BCUT2D eigenvalue weighted by Crippen LogP contribution is 2.27. The molecule has 0 spiro atoms. The van der Waals surface area contributed by atoms with E-state index in [-0.39, 0.29) is 23.5 Å². The second-order valence-corrected chi connectivity index (χ2v) is 8.73. The summed E-state index contributed by atoms with van der Waals surface area (Å²) in [6.45, 7) is 6.74. The third-order valence-corrected chi connectivity index (χ3v) is 5.88. The Bertz CT molecular complexity index is 985. The number of nitrogens with zero attached hydrogens (tertiary/aromatic N) is 3. The average molecular weight is 454 g/mol. The molecule has 1 aromatic carbocycles. The zero-order valence-electron chi connectivity index (χ0n) is 19.3. The van der Waals surface area contributed by atoms with Gasteiger partial charge in [-0.05, 0) is 36.0 Å². The monoisotopic (exact) mass is 453 g/mol. The zero-order chi connectivity index (χ0) is 24.0. The van der Waals surface area contributed by atoms with Crippen LogP contribution in [0.15, 0.2) is 42.6 Å². The van der Waals surface area contributed by atoms with Crippen LogP contribution < -0.4 is 15.5 Å². The van der Waals surface area contributed by atoms with Crippen LogP contribution in [0.4, 0.5) is 11.5 Å². The van der Waals surface area contributed by atoms with E-state index >= 15 is 0 Å². The van der Waals surface area contributed by atoms with Gasteiger partial charge in [0.15, 0.2) is 0 Å². The Kier molecular flexibility index (Phi) is 7.97. The summed E-state index contributed by atoms with van der Waals surface area (Å²) in [5.74, 6) is 0.298. The maximum Gasteiger partial charge on any atom is 0.311 e. The molecular weight excluding hydrogens is 422 g/mol. The molecule has 176 valence electrons. The van der Waals surface area contributed by atoms with Crippen molar-refractivity contribution in [1.29, 1.82) is 0 Å². The highest BCUT2D eigenvalue weighted by atomic mass is 16.6. The average Bonchev–Trinajstić information content (AvgIpc) is 2.79. The van der Waals surface area contributed by atoms with Gasteiger partial charge in [-0.2, -0.15) is 0 Å². The Labute approximate surface area is 193 Å². The lowest BCUT2D eigenvalue weighted by Gasteiger charge is -2.33. The molecule has 33 heavy (non-hydrogen) atoms. The molecule has 0 unspecified atom stereocenters. The number of carbonyl (C=O) groups is 2. The molecule has 0 radical (unpaired) electrons. The van der Waals surface area contributed by atoms with E-state index in [1.165, 1.54) is 18.6 Å². The summed E-state index contributed by atoms with van der Waals surface area (Å²) in [7, 11) is 0. The van der Waals surface area contributed by atoms with E-state index in [0.717, 1.165) is 5.56 Å². The number of pyridine rings is 1. The summed E-state index contributed by atoms with van der Waals surface area (Å²) in [4.78, 5) is 41.6. The van der Waals surface area contributed by atoms with Gasteiger partial charge in [0.2, 0.25) is 17.6 Å². The fourth-order valence-corrected chi connectivity index (χ4v) is 4.04. The molecule has 2 aromatic rings. The minimum Gasteiger partial charge on any atom is -0.351 e. The molecule has 1 aromatic heterocycles. The number of aromatic nitrogens is 1. The van der Waals surface area contributed by atoms with E-state index in [1.54, 1.807) is 12.3 Å². The van der Waals surface area contributed by atoms with Crippen molar-refractivity contribution in [1.82, 2.24) is 15.6 Å². The van der Waals surface area contributed by atoms with Gasteiger partial charge in [-0.3, -0.25) is 19.7 Å². The molecule has 1 fully saturated rings. The molecular formula is C24H31N5O4. The van der Waals surface area contributed by atoms with Crippen molar-refractivity contribution in [3.05, 3.63) is 63.8 Å². The first-order chi connectivity index (χ1) is 15.7. The fraction of sp³-hybridized carbons (Fsp3) is 0.458. The lowest BCUT2D eigenvalue weighted by Crippen LogP contribution is -2.52. The summed E-state index contributed by atoms with van der Waals surface area (Å²) >= 11 is 0. The number of benzene rings is 1. The van der Waals surface area contributed by atoms with Crippen LogP contribution in [0.25, 0.3) is 0 Å². The third kappa shape index (κ3) is 6.50. The SMILES string of the molecule is CC(=O)N[C@H](Cc1ccc(C(C)C)cc1)C(=O)NC1CCN(c2ncccc2[N+](=O)[O-])CC1. The largest absolute Gasteiger partial charge is 0.351 e. The van der Waals surface area contributed by atoms with Gasteiger partial charge >= 0.3 is 5.69 Å². The molecule has 1 saturated heterocycles. The Morgan fingerprint density at radius 1 is 1.18 bits per heavy atom. The van der Waals surface area contributed by atoms with Gasteiger partial charge in [-0.25, -0.2) is 4.98 Å². The Morgan fingerprint density at radius 3 is 2.42 bits per heavy atom. The molecule has 1 atom stereocenters. The Balaban J connectivity index is 1.60. The third-order valence-electron chi connectivity index (χ3n) is 5.88. The number of hydrogen-bond acceptors (Lipinski definition) is 6. The van der Waals surface area contributed by atoms with Gasteiger partial charge < -0.3 is 15.5 Å². The van der Waals surface area contributed by atoms with Crippen LogP contribution in [-0.2, 0) is 16.0 Å². The maximum absolute atomic E-state index is 13.0. The first-order valence-electron chi connectivity index (χ1n) is 11.2. The summed E-state index contributed by atoms with van der Waals surface area (Å²) in [5.41, 5.74) is 2.18. The van der Waals surface area contributed by atoms with Gasteiger partial charge in [0.05, 0.1) is 4.92 Å². The molecule has 0 bridgehead atoms. The summed E-state index contributed by atoms with van der Waals surface area (Å²) in [6.07, 6.45) is 3.22. The highest BCUT2D eigenvalue weighted by molar-refractivity contribution is 5.87.